The molecule has 1 N–H and O–H groups in total. The smallest absolute Gasteiger partial charge is 0.186 e. The van der Waals surface area contributed by atoms with Crippen LogP contribution in [0, 0.1) is 6.92 Å². The number of H-pyrrole nitrogens is 1. The highest BCUT2D eigenvalue weighted by Crippen LogP contribution is 2.30. The molecule has 2 aromatic heterocycles. The molecule has 1 fully saturated rings. The van der Waals surface area contributed by atoms with Gasteiger partial charge in [-0.1, -0.05) is 53.7 Å². The van der Waals surface area contributed by atoms with Crippen LogP contribution in [0.3, 0.4) is 0 Å². The average molecular weight is 415 g/mol. The zero-order valence-electron chi connectivity index (χ0n) is 17.6. The SMILES string of the molecule is Cc1cc(CN2CCN([C@H](C(=O)c3c[nH]c4ccccc34)c3ccccc3)CC2)no1. The number of rotatable bonds is 6. The number of carbonyl (C=O) groups excluding carboxylic acids is 1. The first kappa shape index (κ1) is 19.7. The standard InChI is InChI=1S/C25H26N4O2/c1-18-15-20(27-31-18)17-28-11-13-29(14-12-28)24(19-7-3-2-4-8-19)25(30)22-16-26-23-10-6-5-9-21(22)23/h2-10,15-16,24,26H,11-14,17H2,1H3/t24-/m0/s1. The summed E-state index contributed by atoms with van der Waals surface area (Å²) in [5, 5.41) is 5.09. The second-order valence-corrected chi connectivity index (χ2v) is 8.17. The minimum atomic E-state index is -0.295. The minimum Gasteiger partial charge on any atom is -0.361 e. The van der Waals surface area contributed by atoms with E-state index in [2.05, 4.69) is 32.1 Å². The molecule has 0 bridgehead atoms. The third kappa shape index (κ3) is 4.04. The van der Waals surface area contributed by atoms with Crippen molar-refractivity contribution in [2.24, 2.45) is 0 Å². The van der Waals surface area contributed by atoms with Crippen LogP contribution in [0.4, 0.5) is 0 Å². The predicted molar refractivity (Wildman–Crippen MR) is 120 cm³/mol. The number of nitrogens with zero attached hydrogens (tertiary/aromatic N) is 3. The van der Waals surface area contributed by atoms with Crippen molar-refractivity contribution in [1.29, 1.82) is 0 Å². The van der Waals surface area contributed by atoms with Crippen LogP contribution in [0.1, 0.15) is 33.4 Å². The number of piperazine rings is 1. The lowest BCUT2D eigenvalue weighted by molar-refractivity contribution is 0.0647. The number of ketones is 1. The summed E-state index contributed by atoms with van der Waals surface area (Å²) in [6, 6.07) is 19.8. The van der Waals surface area contributed by atoms with Crippen LogP contribution in [0.2, 0.25) is 0 Å². The van der Waals surface area contributed by atoms with Crippen molar-refractivity contribution in [2.75, 3.05) is 26.2 Å². The van der Waals surface area contributed by atoms with Gasteiger partial charge in [-0.05, 0) is 18.6 Å². The molecule has 3 heterocycles. The Balaban J connectivity index is 1.38. The van der Waals surface area contributed by atoms with Crippen molar-refractivity contribution in [3.63, 3.8) is 0 Å². The lowest BCUT2D eigenvalue weighted by Gasteiger charge is -2.38. The monoisotopic (exact) mass is 414 g/mol. The Labute approximate surface area is 181 Å². The lowest BCUT2D eigenvalue weighted by atomic mass is 9.95. The highest BCUT2D eigenvalue weighted by molar-refractivity contribution is 6.10. The quantitative estimate of drug-likeness (QED) is 0.479. The number of aromatic nitrogens is 2. The van der Waals surface area contributed by atoms with Crippen LogP contribution in [0.25, 0.3) is 10.9 Å². The molecule has 1 aliphatic heterocycles. The Morgan fingerprint density at radius 2 is 1.81 bits per heavy atom. The summed E-state index contributed by atoms with van der Waals surface area (Å²) in [5.41, 5.74) is 3.74. The number of fused-ring (bicyclic) bond motifs is 1. The molecule has 4 aromatic rings. The Hall–Kier alpha value is -3.22. The summed E-state index contributed by atoms with van der Waals surface area (Å²) in [5.74, 6) is 0.978. The molecular weight excluding hydrogens is 388 g/mol. The average Bonchev–Trinajstić information content (AvgIpc) is 3.42. The molecule has 158 valence electrons. The summed E-state index contributed by atoms with van der Waals surface area (Å²) in [7, 11) is 0. The van der Waals surface area contributed by atoms with E-state index in [1.165, 1.54) is 0 Å². The molecule has 0 aliphatic carbocycles. The molecule has 0 saturated carbocycles. The molecule has 1 atom stereocenters. The normalized spacial score (nSPS) is 16.5. The molecule has 31 heavy (non-hydrogen) atoms. The van der Waals surface area contributed by atoms with Crippen LogP contribution in [-0.4, -0.2) is 51.9 Å². The molecule has 2 aromatic carbocycles. The van der Waals surface area contributed by atoms with E-state index in [1.807, 2.05) is 61.7 Å². The summed E-state index contributed by atoms with van der Waals surface area (Å²) in [6.07, 6.45) is 1.85. The zero-order chi connectivity index (χ0) is 21.2. The van der Waals surface area contributed by atoms with Gasteiger partial charge in [-0.2, -0.15) is 0 Å². The van der Waals surface area contributed by atoms with Crippen molar-refractivity contribution < 1.29 is 9.32 Å². The first-order valence-electron chi connectivity index (χ1n) is 10.7. The van der Waals surface area contributed by atoms with Crippen molar-refractivity contribution >= 4 is 16.7 Å². The van der Waals surface area contributed by atoms with Crippen molar-refractivity contribution in [3.8, 4) is 0 Å². The van der Waals surface area contributed by atoms with Gasteiger partial charge in [0.25, 0.3) is 0 Å². The molecule has 1 saturated heterocycles. The number of hydrogen-bond acceptors (Lipinski definition) is 5. The molecule has 0 spiro atoms. The highest BCUT2D eigenvalue weighted by atomic mass is 16.5. The molecule has 6 nitrogen and oxygen atoms in total. The minimum absolute atomic E-state index is 0.143. The summed E-state index contributed by atoms with van der Waals surface area (Å²) < 4.78 is 5.20. The Bertz CT molecular complexity index is 1170. The van der Waals surface area contributed by atoms with Gasteiger partial charge < -0.3 is 9.51 Å². The number of Topliss-reactive ketones (excluding diaryl/α,β-unsaturated/α-hetero) is 1. The van der Waals surface area contributed by atoms with Crippen molar-refractivity contribution in [1.82, 2.24) is 19.9 Å². The van der Waals surface area contributed by atoms with Crippen LogP contribution in [0.15, 0.2) is 71.4 Å². The number of carbonyl (C=O) groups is 1. The first-order valence-corrected chi connectivity index (χ1v) is 10.7. The second kappa shape index (κ2) is 8.49. The third-order valence-electron chi connectivity index (χ3n) is 6.05. The molecule has 0 amide bonds. The summed E-state index contributed by atoms with van der Waals surface area (Å²) in [6.45, 7) is 6.11. The fourth-order valence-electron chi connectivity index (χ4n) is 4.49. The number of aromatic amines is 1. The van der Waals surface area contributed by atoms with Gasteiger partial charge in [0, 0.05) is 61.5 Å². The fraction of sp³-hybridized carbons (Fsp3) is 0.280. The Morgan fingerprint density at radius 3 is 2.55 bits per heavy atom. The topological polar surface area (TPSA) is 65.4 Å². The lowest BCUT2D eigenvalue weighted by Crippen LogP contribution is -2.48. The van der Waals surface area contributed by atoms with E-state index >= 15 is 0 Å². The van der Waals surface area contributed by atoms with Gasteiger partial charge in [0.05, 0.1) is 11.7 Å². The van der Waals surface area contributed by atoms with Gasteiger partial charge in [0.2, 0.25) is 0 Å². The molecule has 1 aliphatic rings. The van der Waals surface area contributed by atoms with E-state index in [0.29, 0.717) is 0 Å². The molecule has 6 heteroatoms. The van der Waals surface area contributed by atoms with E-state index in [-0.39, 0.29) is 11.8 Å². The predicted octanol–water partition coefficient (Wildman–Crippen LogP) is 4.21. The van der Waals surface area contributed by atoms with Gasteiger partial charge in [-0.25, -0.2) is 0 Å². The van der Waals surface area contributed by atoms with Crippen LogP contribution < -0.4 is 0 Å². The number of nitrogens with one attached hydrogen (secondary N) is 1. The molecule has 5 rings (SSSR count). The van der Waals surface area contributed by atoms with E-state index in [0.717, 1.165) is 66.2 Å². The number of hydrogen-bond donors (Lipinski definition) is 1. The Morgan fingerprint density at radius 1 is 1.06 bits per heavy atom. The maximum atomic E-state index is 13.8. The second-order valence-electron chi connectivity index (χ2n) is 8.17. The largest absolute Gasteiger partial charge is 0.361 e. The zero-order valence-corrected chi connectivity index (χ0v) is 17.6. The molecule has 0 unspecified atom stereocenters. The van der Waals surface area contributed by atoms with E-state index < -0.39 is 0 Å². The van der Waals surface area contributed by atoms with Gasteiger partial charge in [-0.3, -0.25) is 14.6 Å². The Kier molecular flexibility index (Phi) is 5.40. The molecular formula is C25H26N4O2. The van der Waals surface area contributed by atoms with Gasteiger partial charge in [-0.15, -0.1) is 0 Å². The van der Waals surface area contributed by atoms with Crippen molar-refractivity contribution in [2.45, 2.75) is 19.5 Å². The fourth-order valence-corrected chi connectivity index (χ4v) is 4.49. The van der Waals surface area contributed by atoms with Crippen LogP contribution in [0.5, 0.6) is 0 Å². The van der Waals surface area contributed by atoms with Crippen molar-refractivity contribution in [3.05, 3.63) is 89.4 Å². The summed E-state index contributed by atoms with van der Waals surface area (Å²) >= 11 is 0. The van der Waals surface area contributed by atoms with E-state index in [9.17, 15) is 4.79 Å². The van der Waals surface area contributed by atoms with Gasteiger partial charge in [0.15, 0.2) is 5.78 Å². The van der Waals surface area contributed by atoms with Crippen LogP contribution in [-0.2, 0) is 6.54 Å². The third-order valence-corrected chi connectivity index (χ3v) is 6.05. The maximum absolute atomic E-state index is 13.8. The maximum Gasteiger partial charge on any atom is 0.186 e. The first-order chi connectivity index (χ1) is 15.2. The number of para-hydroxylation sites is 1. The molecule has 0 radical (unpaired) electrons. The highest BCUT2D eigenvalue weighted by Gasteiger charge is 2.32. The van der Waals surface area contributed by atoms with Crippen LogP contribution >= 0.6 is 0 Å². The van der Waals surface area contributed by atoms with E-state index in [1.54, 1.807) is 0 Å². The number of benzene rings is 2. The number of aryl methyl sites for hydroxylation is 1. The van der Waals surface area contributed by atoms with Gasteiger partial charge >= 0.3 is 0 Å². The van der Waals surface area contributed by atoms with Gasteiger partial charge in [0.1, 0.15) is 5.76 Å². The summed E-state index contributed by atoms with van der Waals surface area (Å²) in [4.78, 5) is 21.7. The van der Waals surface area contributed by atoms with E-state index in [4.69, 9.17) is 4.52 Å².